The van der Waals surface area contributed by atoms with E-state index >= 15 is 0 Å². The van der Waals surface area contributed by atoms with Crippen LogP contribution in [0.4, 0.5) is 4.79 Å². The van der Waals surface area contributed by atoms with Gasteiger partial charge in [-0.3, -0.25) is 4.79 Å². The molecule has 1 fully saturated rings. The summed E-state index contributed by atoms with van der Waals surface area (Å²) in [6.45, 7) is 0.313. The molecule has 0 radical (unpaired) electrons. The Morgan fingerprint density at radius 1 is 1.38 bits per heavy atom. The first kappa shape index (κ1) is 15.9. The third-order valence-corrected chi connectivity index (χ3v) is 4.24. The Balaban J connectivity index is 2.36. The Kier molecular flexibility index (Phi) is 4.96. The maximum Gasteiger partial charge on any atom is 0.409 e. The van der Waals surface area contributed by atoms with E-state index in [0.717, 1.165) is 0 Å². The van der Waals surface area contributed by atoms with Crippen LogP contribution in [0.1, 0.15) is 24.4 Å². The topological polar surface area (TPSA) is 66.8 Å². The number of benzene rings is 1. The second kappa shape index (κ2) is 6.54. The molecule has 1 N–H and O–H groups in total. The van der Waals surface area contributed by atoms with Gasteiger partial charge in [-0.25, -0.2) is 4.79 Å². The maximum atomic E-state index is 11.9. The van der Waals surface area contributed by atoms with Crippen LogP contribution in [0.15, 0.2) is 18.2 Å². The van der Waals surface area contributed by atoms with Crippen LogP contribution >= 0.6 is 23.2 Å². The van der Waals surface area contributed by atoms with Crippen molar-refractivity contribution in [3.8, 4) is 0 Å². The second-order valence-corrected chi connectivity index (χ2v) is 5.75. The quantitative estimate of drug-likeness (QED) is 0.899. The minimum atomic E-state index is -0.866. The smallest absolute Gasteiger partial charge is 0.409 e. The number of hydrogen-bond acceptors (Lipinski definition) is 3. The highest BCUT2D eigenvalue weighted by molar-refractivity contribution is 6.35. The molecule has 1 saturated heterocycles. The number of halogens is 2. The highest BCUT2D eigenvalue weighted by atomic mass is 35.5. The number of likely N-dealkylation sites (tertiary alicyclic amines) is 1. The van der Waals surface area contributed by atoms with Crippen molar-refractivity contribution in [1.82, 2.24) is 4.90 Å². The average molecular weight is 332 g/mol. The van der Waals surface area contributed by atoms with Gasteiger partial charge in [0.2, 0.25) is 0 Å². The Morgan fingerprint density at radius 2 is 2.10 bits per heavy atom. The Labute approximate surface area is 132 Å². The van der Waals surface area contributed by atoms with Gasteiger partial charge in [-0.15, -0.1) is 0 Å². The number of ether oxygens (including phenoxy) is 1. The molecule has 0 aromatic heterocycles. The van der Waals surface area contributed by atoms with Crippen LogP contribution in [0.5, 0.6) is 0 Å². The summed E-state index contributed by atoms with van der Waals surface area (Å²) in [5, 5.41) is 10.1. The van der Waals surface area contributed by atoms with Gasteiger partial charge in [0.25, 0.3) is 0 Å². The van der Waals surface area contributed by atoms with E-state index in [1.165, 1.54) is 12.0 Å². The van der Waals surface area contributed by atoms with E-state index in [9.17, 15) is 14.7 Å². The van der Waals surface area contributed by atoms with Gasteiger partial charge in [-0.1, -0.05) is 29.3 Å². The average Bonchev–Trinajstić information content (AvgIpc) is 2.46. The molecular formula is C14H15Cl2NO4. The summed E-state index contributed by atoms with van der Waals surface area (Å²) in [5.41, 5.74) is 0.678. The van der Waals surface area contributed by atoms with E-state index in [4.69, 9.17) is 27.9 Å². The van der Waals surface area contributed by atoms with E-state index in [0.29, 0.717) is 35.0 Å². The van der Waals surface area contributed by atoms with E-state index in [-0.39, 0.29) is 0 Å². The number of carbonyl (C=O) groups excluding carboxylic acids is 1. The van der Waals surface area contributed by atoms with Gasteiger partial charge >= 0.3 is 12.1 Å². The summed E-state index contributed by atoms with van der Waals surface area (Å²) in [7, 11) is 1.30. The first-order valence-corrected chi connectivity index (χ1v) is 7.22. The number of carboxylic acids is 1. The molecule has 1 aromatic carbocycles. The molecule has 0 saturated carbocycles. The lowest BCUT2D eigenvalue weighted by molar-refractivity contribution is -0.144. The molecule has 0 spiro atoms. The first-order valence-electron chi connectivity index (χ1n) is 6.46. The van der Waals surface area contributed by atoms with E-state index < -0.39 is 24.0 Å². The summed E-state index contributed by atoms with van der Waals surface area (Å²) in [6, 6.07) is 4.54. The number of nitrogens with zero attached hydrogens (tertiary/aromatic N) is 1. The minimum absolute atomic E-state index is 0.297. The molecule has 1 aliphatic rings. The maximum absolute atomic E-state index is 11.9. The van der Waals surface area contributed by atoms with Crippen molar-refractivity contribution in [1.29, 1.82) is 0 Å². The molecule has 2 atom stereocenters. The number of methoxy groups -OCH3 is 1. The third kappa shape index (κ3) is 3.41. The number of carboxylic acid groups (broad SMARTS) is 1. The fourth-order valence-electron chi connectivity index (χ4n) is 2.59. The van der Waals surface area contributed by atoms with Gasteiger partial charge in [0, 0.05) is 16.6 Å². The molecule has 21 heavy (non-hydrogen) atoms. The molecule has 0 bridgehead atoms. The molecule has 2 rings (SSSR count). The minimum Gasteiger partial charge on any atom is -0.481 e. The largest absolute Gasteiger partial charge is 0.481 e. The molecule has 2 unspecified atom stereocenters. The summed E-state index contributed by atoms with van der Waals surface area (Å²) in [5.74, 6) is -1.38. The van der Waals surface area contributed by atoms with Crippen LogP contribution in [0.2, 0.25) is 10.0 Å². The van der Waals surface area contributed by atoms with Crippen LogP contribution < -0.4 is 0 Å². The van der Waals surface area contributed by atoms with Crippen molar-refractivity contribution in [2.24, 2.45) is 5.92 Å². The number of rotatable bonds is 2. The molecule has 1 aromatic rings. The summed E-state index contributed by atoms with van der Waals surface area (Å²) >= 11 is 12.1. The fraction of sp³-hybridized carbons (Fsp3) is 0.429. The van der Waals surface area contributed by atoms with Crippen LogP contribution in [-0.4, -0.2) is 35.7 Å². The van der Waals surface area contributed by atoms with Crippen LogP contribution in [-0.2, 0) is 9.53 Å². The molecule has 1 amide bonds. The third-order valence-electron chi connectivity index (χ3n) is 3.68. The summed E-state index contributed by atoms with van der Waals surface area (Å²) in [4.78, 5) is 24.6. The van der Waals surface area contributed by atoms with Gasteiger partial charge in [-0.2, -0.15) is 0 Å². The molecule has 0 aliphatic carbocycles. The van der Waals surface area contributed by atoms with Crippen molar-refractivity contribution < 1.29 is 19.4 Å². The molecule has 114 valence electrons. The summed E-state index contributed by atoms with van der Waals surface area (Å²) < 4.78 is 4.77. The zero-order valence-corrected chi connectivity index (χ0v) is 12.9. The lowest BCUT2D eigenvalue weighted by Gasteiger charge is -2.37. The molecule has 1 aliphatic heterocycles. The molecule has 5 nitrogen and oxygen atoms in total. The van der Waals surface area contributed by atoms with E-state index in [1.807, 2.05) is 0 Å². The zero-order chi connectivity index (χ0) is 15.6. The van der Waals surface area contributed by atoms with Crippen molar-refractivity contribution in [2.75, 3.05) is 13.7 Å². The second-order valence-electron chi connectivity index (χ2n) is 4.90. The molecule has 7 heteroatoms. The van der Waals surface area contributed by atoms with Crippen LogP contribution in [0, 0.1) is 5.92 Å². The number of carbonyl (C=O) groups is 2. The standard InChI is InChI=1S/C14H15Cl2NO4/c1-21-14(20)17-5-4-8(13(18)19)6-12(17)10-3-2-9(15)7-11(10)16/h2-3,7-8,12H,4-6H2,1H3,(H,18,19). The Hall–Kier alpha value is -1.46. The van der Waals surface area contributed by atoms with Crippen molar-refractivity contribution in [3.05, 3.63) is 33.8 Å². The van der Waals surface area contributed by atoms with Crippen LogP contribution in [0.25, 0.3) is 0 Å². The van der Waals surface area contributed by atoms with Gasteiger partial charge < -0.3 is 14.7 Å². The number of aliphatic carboxylic acids is 1. The van der Waals surface area contributed by atoms with Gasteiger partial charge in [-0.05, 0) is 30.5 Å². The highest BCUT2D eigenvalue weighted by Crippen LogP contribution is 2.38. The van der Waals surface area contributed by atoms with Crippen LogP contribution in [0.3, 0.4) is 0 Å². The van der Waals surface area contributed by atoms with Gasteiger partial charge in [0.05, 0.1) is 19.1 Å². The predicted octanol–water partition coefficient (Wildman–Crippen LogP) is 3.60. The van der Waals surface area contributed by atoms with E-state index in [1.54, 1.807) is 18.2 Å². The highest BCUT2D eigenvalue weighted by Gasteiger charge is 2.37. The van der Waals surface area contributed by atoms with Crippen molar-refractivity contribution in [3.63, 3.8) is 0 Å². The van der Waals surface area contributed by atoms with E-state index in [2.05, 4.69) is 0 Å². The monoisotopic (exact) mass is 331 g/mol. The van der Waals surface area contributed by atoms with Gasteiger partial charge in [0.15, 0.2) is 0 Å². The number of amides is 1. The first-order chi connectivity index (χ1) is 9.93. The molecular weight excluding hydrogens is 317 g/mol. The van der Waals surface area contributed by atoms with Crippen molar-refractivity contribution >= 4 is 35.3 Å². The summed E-state index contributed by atoms with van der Waals surface area (Å²) in [6.07, 6.45) is 0.202. The fourth-order valence-corrected chi connectivity index (χ4v) is 3.13. The van der Waals surface area contributed by atoms with Crippen molar-refractivity contribution in [2.45, 2.75) is 18.9 Å². The Morgan fingerprint density at radius 3 is 2.67 bits per heavy atom. The van der Waals surface area contributed by atoms with Gasteiger partial charge in [0.1, 0.15) is 0 Å². The normalized spacial score (nSPS) is 22.0. The number of piperidine rings is 1. The predicted molar refractivity (Wildman–Crippen MR) is 78.7 cm³/mol. The zero-order valence-electron chi connectivity index (χ0n) is 11.4. The molecule has 1 heterocycles. The lowest BCUT2D eigenvalue weighted by atomic mass is 9.87. The Bertz CT molecular complexity index is 564. The lowest BCUT2D eigenvalue weighted by Crippen LogP contribution is -2.42. The SMILES string of the molecule is COC(=O)N1CCC(C(=O)O)CC1c1ccc(Cl)cc1Cl. The number of hydrogen-bond donors (Lipinski definition) is 1.